The van der Waals surface area contributed by atoms with Crippen molar-refractivity contribution < 1.29 is 9.59 Å². The van der Waals surface area contributed by atoms with Gasteiger partial charge in [-0.2, -0.15) is 5.10 Å². The number of anilines is 1. The molecule has 1 fully saturated rings. The van der Waals surface area contributed by atoms with Crippen molar-refractivity contribution in [1.82, 2.24) is 9.78 Å². The van der Waals surface area contributed by atoms with Crippen LogP contribution in [0.2, 0.25) is 0 Å². The third-order valence-corrected chi connectivity index (χ3v) is 4.96. The second-order valence-corrected chi connectivity index (χ2v) is 6.59. The SMILES string of the molecule is Cc1nn(C)c(C)c1/C=C1\CC(=O)N(c2cccc3ccccc23)C1=O. The molecule has 0 N–H and O–H groups in total. The second-order valence-electron chi connectivity index (χ2n) is 6.59. The summed E-state index contributed by atoms with van der Waals surface area (Å²) >= 11 is 0. The van der Waals surface area contributed by atoms with Gasteiger partial charge in [-0.1, -0.05) is 36.4 Å². The van der Waals surface area contributed by atoms with Crippen LogP contribution in [0.4, 0.5) is 5.69 Å². The number of benzene rings is 2. The lowest BCUT2D eigenvalue weighted by Crippen LogP contribution is -2.29. The first kappa shape index (κ1) is 16.3. The molecule has 0 bridgehead atoms. The van der Waals surface area contributed by atoms with Gasteiger partial charge in [0.1, 0.15) is 0 Å². The molecule has 1 saturated heterocycles. The molecule has 0 saturated carbocycles. The minimum Gasteiger partial charge on any atom is -0.274 e. The molecule has 0 atom stereocenters. The zero-order valence-corrected chi connectivity index (χ0v) is 15.0. The van der Waals surface area contributed by atoms with Crippen molar-refractivity contribution in [3.8, 4) is 0 Å². The number of hydrogen-bond acceptors (Lipinski definition) is 3. The number of aromatic nitrogens is 2. The number of aryl methyl sites for hydroxylation is 2. The number of fused-ring (bicyclic) bond motifs is 1. The van der Waals surface area contributed by atoms with Gasteiger partial charge < -0.3 is 0 Å². The summed E-state index contributed by atoms with van der Waals surface area (Å²) in [4.78, 5) is 27.0. The quantitative estimate of drug-likeness (QED) is 0.527. The van der Waals surface area contributed by atoms with Crippen LogP contribution in [0.1, 0.15) is 23.4 Å². The summed E-state index contributed by atoms with van der Waals surface area (Å²) in [6.07, 6.45) is 1.92. The molecule has 4 rings (SSSR count). The normalized spacial score (nSPS) is 16.3. The van der Waals surface area contributed by atoms with E-state index in [9.17, 15) is 9.59 Å². The Morgan fingerprint density at radius 1 is 1.04 bits per heavy atom. The Balaban J connectivity index is 1.80. The Kier molecular flexibility index (Phi) is 3.72. The smallest absolute Gasteiger partial charge is 0.261 e. The first-order valence-corrected chi connectivity index (χ1v) is 8.53. The fourth-order valence-electron chi connectivity index (χ4n) is 3.51. The number of imide groups is 1. The topological polar surface area (TPSA) is 55.2 Å². The summed E-state index contributed by atoms with van der Waals surface area (Å²) in [6.45, 7) is 3.86. The molecule has 1 aliphatic heterocycles. The van der Waals surface area contributed by atoms with Gasteiger partial charge in [-0.05, 0) is 31.4 Å². The maximum atomic E-state index is 13.0. The van der Waals surface area contributed by atoms with E-state index in [0.29, 0.717) is 11.3 Å². The van der Waals surface area contributed by atoms with Gasteiger partial charge in [0.05, 0.1) is 17.8 Å². The van der Waals surface area contributed by atoms with Crippen LogP contribution in [0, 0.1) is 13.8 Å². The molecule has 2 heterocycles. The van der Waals surface area contributed by atoms with Crippen LogP contribution in [0.5, 0.6) is 0 Å². The lowest BCUT2D eigenvalue weighted by atomic mass is 10.1. The summed E-state index contributed by atoms with van der Waals surface area (Å²) in [5.41, 5.74) is 3.87. The first-order chi connectivity index (χ1) is 12.5. The molecule has 1 aliphatic rings. The minimum atomic E-state index is -0.256. The Bertz CT molecular complexity index is 1090. The molecule has 1 aromatic heterocycles. The van der Waals surface area contributed by atoms with Crippen molar-refractivity contribution in [2.45, 2.75) is 20.3 Å². The van der Waals surface area contributed by atoms with Crippen LogP contribution in [-0.4, -0.2) is 21.6 Å². The van der Waals surface area contributed by atoms with E-state index in [2.05, 4.69) is 5.10 Å². The number of carbonyl (C=O) groups is 2. The number of hydrogen-bond donors (Lipinski definition) is 0. The van der Waals surface area contributed by atoms with Crippen LogP contribution >= 0.6 is 0 Å². The maximum Gasteiger partial charge on any atom is 0.261 e. The predicted molar refractivity (Wildman–Crippen MR) is 102 cm³/mol. The highest BCUT2D eigenvalue weighted by atomic mass is 16.2. The molecule has 3 aromatic rings. The molecule has 0 spiro atoms. The summed E-state index contributed by atoms with van der Waals surface area (Å²) in [5, 5.41) is 6.27. The Labute approximate surface area is 151 Å². The highest BCUT2D eigenvalue weighted by Gasteiger charge is 2.36. The standard InChI is InChI=1S/C21H19N3O2/c1-13-18(14(2)23(3)22-13)11-16-12-20(25)24(21(16)26)19-10-6-8-15-7-4-5-9-17(15)19/h4-11H,12H2,1-3H3/b16-11+. The fraction of sp³-hybridized carbons (Fsp3) is 0.190. The van der Waals surface area contributed by atoms with E-state index in [4.69, 9.17) is 0 Å². The van der Waals surface area contributed by atoms with Gasteiger partial charge in [0.25, 0.3) is 5.91 Å². The molecule has 130 valence electrons. The van der Waals surface area contributed by atoms with Gasteiger partial charge in [0, 0.05) is 29.3 Å². The van der Waals surface area contributed by atoms with E-state index in [1.807, 2.05) is 69.4 Å². The van der Waals surface area contributed by atoms with Crippen molar-refractivity contribution in [2.24, 2.45) is 7.05 Å². The molecule has 0 unspecified atom stereocenters. The summed E-state index contributed by atoms with van der Waals surface area (Å²) in [7, 11) is 1.87. The number of nitrogens with zero attached hydrogens (tertiary/aromatic N) is 3. The average Bonchev–Trinajstić information content (AvgIpc) is 3.04. The average molecular weight is 345 g/mol. The van der Waals surface area contributed by atoms with E-state index in [0.717, 1.165) is 27.7 Å². The molecular weight excluding hydrogens is 326 g/mol. The van der Waals surface area contributed by atoms with Gasteiger partial charge in [0.2, 0.25) is 5.91 Å². The van der Waals surface area contributed by atoms with Crippen LogP contribution in [0.3, 0.4) is 0 Å². The zero-order valence-electron chi connectivity index (χ0n) is 15.0. The van der Waals surface area contributed by atoms with Gasteiger partial charge >= 0.3 is 0 Å². The monoisotopic (exact) mass is 345 g/mol. The van der Waals surface area contributed by atoms with Gasteiger partial charge in [-0.3, -0.25) is 14.3 Å². The minimum absolute atomic E-state index is 0.107. The first-order valence-electron chi connectivity index (χ1n) is 8.53. The van der Waals surface area contributed by atoms with Crippen molar-refractivity contribution in [3.63, 3.8) is 0 Å². The summed E-state index contributed by atoms with van der Waals surface area (Å²) in [5.74, 6) is -0.453. The molecule has 5 nitrogen and oxygen atoms in total. The summed E-state index contributed by atoms with van der Waals surface area (Å²) < 4.78 is 1.78. The predicted octanol–water partition coefficient (Wildman–Crippen LogP) is 3.54. The van der Waals surface area contributed by atoms with Gasteiger partial charge in [-0.15, -0.1) is 0 Å². The van der Waals surface area contributed by atoms with Crippen LogP contribution in [-0.2, 0) is 16.6 Å². The maximum absolute atomic E-state index is 13.0. The molecule has 0 radical (unpaired) electrons. The zero-order chi connectivity index (χ0) is 18.4. The molecule has 2 aromatic carbocycles. The number of rotatable bonds is 2. The van der Waals surface area contributed by atoms with E-state index in [1.165, 1.54) is 4.90 Å². The second kappa shape index (κ2) is 5.95. The Morgan fingerprint density at radius 3 is 2.50 bits per heavy atom. The highest BCUT2D eigenvalue weighted by molar-refractivity contribution is 6.31. The molecule has 26 heavy (non-hydrogen) atoms. The van der Waals surface area contributed by atoms with E-state index < -0.39 is 0 Å². The molecular formula is C21H19N3O2. The third-order valence-electron chi connectivity index (χ3n) is 4.96. The van der Waals surface area contributed by atoms with Crippen molar-refractivity contribution in [2.75, 3.05) is 4.90 Å². The lowest BCUT2D eigenvalue weighted by molar-refractivity contribution is -0.120. The van der Waals surface area contributed by atoms with Crippen molar-refractivity contribution >= 4 is 34.4 Å². The van der Waals surface area contributed by atoms with Crippen LogP contribution in [0.25, 0.3) is 16.8 Å². The van der Waals surface area contributed by atoms with Crippen molar-refractivity contribution in [3.05, 3.63) is 65.0 Å². The van der Waals surface area contributed by atoms with Crippen molar-refractivity contribution in [1.29, 1.82) is 0 Å². The van der Waals surface area contributed by atoms with Gasteiger partial charge in [-0.25, -0.2) is 4.90 Å². The van der Waals surface area contributed by atoms with Crippen LogP contribution < -0.4 is 4.90 Å². The lowest BCUT2D eigenvalue weighted by Gasteiger charge is -2.16. The number of carbonyl (C=O) groups excluding carboxylic acids is 2. The van der Waals surface area contributed by atoms with Crippen LogP contribution in [0.15, 0.2) is 48.0 Å². The van der Waals surface area contributed by atoms with E-state index in [1.54, 1.807) is 4.68 Å². The Morgan fingerprint density at radius 2 is 1.77 bits per heavy atom. The fourth-order valence-corrected chi connectivity index (χ4v) is 3.51. The third kappa shape index (κ3) is 2.44. The van der Waals surface area contributed by atoms with E-state index >= 15 is 0 Å². The molecule has 0 aliphatic carbocycles. The van der Waals surface area contributed by atoms with Gasteiger partial charge in [0.15, 0.2) is 0 Å². The molecule has 2 amide bonds. The molecule has 5 heteroatoms. The largest absolute Gasteiger partial charge is 0.274 e. The number of amides is 2. The summed E-state index contributed by atoms with van der Waals surface area (Å²) in [6, 6.07) is 13.4. The Hall–Kier alpha value is -3.21. The van der Waals surface area contributed by atoms with E-state index in [-0.39, 0.29) is 18.2 Å². The highest BCUT2D eigenvalue weighted by Crippen LogP contribution is 2.33.